The monoisotopic (exact) mass is 398 g/mol. The molecule has 0 aliphatic rings. The molecule has 6 heteroatoms. The molecule has 0 saturated heterocycles. The van der Waals surface area contributed by atoms with E-state index in [9.17, 15) is 4.79 Å². The van der Waals surface area contributed by atoms with Gasteiger partial charge in [-0.1, -0.05) is 30.3 Å². The molecule has 1 N–H and O–H groups in total. The van der Waals surface area contributed by atoms with Crippen molar-refractivity contribution in [3.05, 3.63) is 59.7 Å². The van der Waals surface area contributed by atoms with E-state index in [1.54, 1.807) is 39.5 Å². The summed E-state index contributed by atoms with van der Waals surface area (Å²) >= 11 is 0. The highest BCUT2D eigenvalue weighted by Gasteiger charge is 2.12. The predicted octanol–water partition coefficient (Wildman–Crippen LogP) is 3.36. The van der Waals surface area contributed by atoms with E-state index in [0.29, 0.717) is 23.8 Å². The zero-order valence-electron chi connectivity index (χ0n) is 17.6. The molecule has 2 rings (SSSR count). The smallest absolute Gasteiger partial charge is 0.243 e. The van der Waals surface area contributed by atoms with Crippen LogP contribution in [0.1, 0.15) is 17.5 Å². The Bertz CT molecular complexity index is 781. The standard InChI is InChI=1S/C23H30N2O4/c1-25(17-18-9-6-5-7-10-18)14-8-13-24-22(26)12-11-19-15-20(27-2)23(29-4)21(16-19)28-3/h5-7,9-12,15-16H,8,13-14,17H2,1-4H3,(H,24,26). The lowest BCUT2D eigenvalue weighted by atomic mass is 10.1. The highest BCUT2D eigenvalue weighted by Crippen LogP contribution is 2.38. The minimum atomic E-state index is -0.135. The van der Waals surface area contributed by atoms with Crippen molar-refractivity contribution in [1.82, 2.24) is 10.2 Å². The summed E-state index contributed by atoms with van der Waals surface area (Å²) in [6.45, 7) is 2.43. The number of carbonyl (C=O) groups is 1. The van der Waals surface area contributed by atoms with Crippen LogP contribution in [0.3, 0.4) is 0 Å². The topological polar surface area (TPSA) is 60.0 Å². The third kappa shape index (κ3) is 7.16. The van der Waals surface area contributed by atoms with Gasteiger partial charge in [-0.05, 0) is 49.3 Å². The van der Waals surface area contributed by atoms with Crippen LogP contribution in [0.4, 0.5) is 0 Å². The number of methoxy groups -OCH3 is 3. The molecule has 0 atom stereocenters. The van der Waals surface area contributed by atoms with E-state index < -0.39 is 0 Å². The van der Waals surface area contributed by atoms with Gasteiger partial charge in [0.05, 0.1) is 21.3 Å². The summed E-state index contributed by atoms with van der Waals surface area (Å²) in [4.78, 5) is 14.3. The average molecular weight is 399 g/mol. The summed E-state index contributed by atoms with van der Waals surface area (Å²) in [7, 11) is 6.76. The molecule has 0 aliphatic heterocycles. The second-order valence-corrected chi connectivity index (χ2v) is 6.66. The van der Waals surface area contributed by atoms with E-state index >= 15 is 0 Å². The van der Waals surface area contributed by atoms with Gasteiger partial charge in [0.1, 0.15) is 0 Å². The number of hydrogen-bond acceptors (Lipinski definition) is 5. The zero-order chi connectivity index (χ0) is 21.1. The second kappa shape index (κ2) is 11.8. The van der Waals surface area contributed by atoms with Crippen LogP contribution in [0, 0.1) is 0 Å². The average Bonchev–Trinajstić information content (AvgIpc) is 2.75. The molecular weight excluding hydrogens is 368 g/mol. The summed E-state index contributed by atoms with van der Waals surface area (Å²) in [6, 6.07) is 13.9. The number of hydrogen-bond donors (Lipinski definition) is 1. The number of nitrogens with zero attached hydrogens (tertiary/aromatic N) is 1. The highest BCUT2D eigenvalue weighted by atomic mass is 16.5. The predicted molar refractivity (Wildman–Crippen MR) is 116 cm³/mol. The molecule has 0 spiro atoms. The third-order valence-corrected chi connectivity index (χ3v) is 4.43. The molecule has 0 fully saturated rings. The first-order valence-corrected chi connectivity index (χ1v) is 9.55. The quantitative estimate of drug-likeness (QED) is 0.465. The molecule has 0 heterocycles. The number of benzene rings is 2. The van der Waals surface area contributed by atoms with E-state index in [2.05, 4.69) is 29.4 Å². The van der Waals surface area contributed by atoms with Crippen LogP contribution in [0.25, 0.3) is 6.08 Å². The van der Waals surface area contributed by atoms with Crippen molar-refractivity contribution in [1.29, 1.82) is 0 Å². The first-order chi connectivity index (χ1) is 14.1. The van der Waals surface area contributed by atoms with E-state index in [4.69, 9.17) is 14.2 Å². The number of nitrogens with one attached hydrogen (secondary N) is 1. The summed E-state index contributed by atoms with van der Waals surface area (Å²) in [5.41, 5.74) is 2.07. The van der Waals surface area contributed by atoms with Crippen LogP contribution in [0.15, 0.2) is 48.5 Å². The summed E-state index contributed by atoms with van der Waals surface area (Å²) in [6.07, 6.45) is 4.11. The van der Waals surface area contributed by atoms with Crippen molar-refractivity contribution in [2.75, 3.05) is 41.5 Å². The molecule has 1 amide bonds. The minimum absolute atomic E-state index is 0.135. The Balaban J connectivity index is 1.79. The molecule has 0 radical (unpaired) electrons. The number of ether oxygens (including phenoxy) is 3. The maximum atomic E-state index is 12.1. The molecule has 0 unspecified atom stereocenters. The first-order valence-electron chi connectivity index (χ1n) is 9.55. The molecule has 0 aromatic heterocycles. The fraction of sp³-hybridized carbons (Fsp3) is 0.348. The van der Waals surface area contributed by atoms with Gasteiger partial charge in [0.25, 0.3) is 0 Å². The van der Waals surface area contributed by atoms with Crippen molar-refractivity contribution >= 4 is 12.0 Å². The molecule has 2 aromatic carbocycles. The lowest BCUT2D eigenvalue weighted by molar-refractivity contribution is -0.116. The first kappa shape index (κ1) is 22.3. The molecule has 0 saturated carbocycles. The largest absolute Gasteiger partial charge is 0.493 e. The van der Waals surface area contributed by atoms with Gasteiger partial charge in [-0.3, -0.25) is 4.79 Å². The van der Waals surface area contributed by atoms with Crippen LogP contribution >= 0.6 is 0 Å². The summed E-state index contributed by atoms with van der Waals surface area (Å²) in [5.74, 6) is 1.49. The number of carbonyl (C=O) groups excluding carboxylic acids is 1. The summed E-state index contributed by atoms with van der Waals surface area (Å²) in [5, 5.41) is 2.91. The summed E-state index contributed by atoms with van der Waals surface area (Å²) < 4.78 is 16.0. The third-order valence-electron chi connectivity index (χ3n) is 4.43. The van der Waals surface area contributed by atoms with E-state index in [1.807, 2.05) is 18.2 Å². The van der Waals surface area contributed by atoms with Crippen LogP contribution in [-0.4, -0.2) is 52.3 Å². The maximum Gasteiger partial charge on any atom is 0.243 e. The number of amides is 1. The van der Waals surface area contributed by atoms with Gasteiger partial charge in [-0.15, -0.1) is 0 Å². The molecule has 0 aliphatic carbocycles. The molecular formula is C23H30N2O4. The highest BCUT2D eigenvalue weighted by molar-refractivity contribution is 5.91. The van der Waals surface area contributed by atoms with E-state index in [1.165, 1.54) is 11.6 Å². The van der Waals surface area contributed by atoms with Gasteiger partial charge in [-0.2, -0.15) is 0 Å². The lowest BCUT2D eigenvalue weighted by Crippen LogP contribution is -2.26. The molecule has 0 bridgehead atoms. The van der Waals surface area contributed by atoms with Crippen molar-refractivity contribution < 1.29 is 19.0 Å². The Hall–Kier alpha value is -2.99. The van der Waals surface area contributed by atoms with Crippen LogP contribution in [-0.2, 0) is 11.3 Å². The van der Waals surface area contributed by atoms with Gasteiger partial charge in [0.15, 0.2) is 11.5 Å². The Morgan fingerprint density at radius 3 is 2.28 bits per heavy atom. The Morgan fingerprint density at radius 1 is 1.03 bits per heavy atom. The van der Waals surface area contributed by atoms with Crippen LogP contribution in [0.5, 0.6) is 17.2 Å². The number of rotatable bonds is 11. The minimum Gasteiger partial charge on any atom is -0.493 e. The van der Waals surface area contributed by atoms with Gasteiger partial charge >= 0.3 is 0 Å². The van der Waals surface area contributed by atoms with Gasteiger partial charge in [0.2, 0.25) is 11.7 Å². The fourth-order valence-corrected chi connectivity index (χ4v) is 2.96. The fourth-order valence-electron chi connectivity index (χ4n) is 2.96. The van der Waals surface area contributed by atoms with Crippen molar-refractivity contribution in [2.24, 2.45) is 0 Å². The Morgan fingerprint density at radius 2 is 1.69 bits per heavy atom. The molecule has 2 aromatic rings. The molecule has 6 nitrogen and oxygen atoms in total. The van der Waals surface area contributed by atoms with Crippen LogP contribution < -0.4 is 19.5 Å². The maximum absolute atomic E-state index is 12.1. The van der Waals surface area contributed by atoms with Gasteiger partial charge < -0.3 is 24.4 Å². The Kier molecular flexibility index (Phi) is 9.05. The normalized spacial score (nSPS) is 10.9. The van der Waals surface area contributed by atoms with E-state index in [-0.39, 0.29) is 5.91 Å². The molecule has 29 heavy (non-hydrogen) atoms. The van der Waals surface area contributed by atoms with Crippen LogP contribution in [0.2, 0.25) is 0 Å². The van der Waals surface area contributed by atoms with Crippen molar-refractivity contribution in [2.45, 2.75) is 13.0 Å². The van der Waals surface area contributed by atoms with Crippen molar-refractivity contribution in [3.63, 3.8) is 0 Å². The van der Waals surface area contributed by atoms with E-state index in [0.717, 1.165) is 25.1 Å². The SMILES string of the molecule is COc1cc(C=CC(=O)NCCCN(C)Cc2ccccc2)cc(OC)c1OC. The Labute approximate surface area is 173 Å². The lowest BCUT2D eigenvalue weighted by Gasteiger charge is -2.16. The second-order valence-electron chi connectivity index (χ2n) is 6.66. The zero-order valence-corrected chi connectivity index (χ0v) is 17.6. The van der Waals surface area contributed by atoms with Crippen molar-refractivity contribution in [3.8, 4) is 17.2 Å². The van der Waals surface area contributed by atoms with Gasteiger partial charge in [0, 0.05) is 19.2 Å². The molecule has 156 valence electrons. The van der Waals surface area contributed by atoms with Gasteiger partial charge in [-0.25, -0.2) is 0 Å².